The van der Waals surface area contributed by atoms with Crippen molar-refractivity contribution >= 4 is 12.0 Å². The van der Waals surface area contributed by atoms with E-state index in [2.05, 4.69) is 34.1 Å². The predicted molar refractivity (Wildman–Crippen MR) is 91.2 cm³/mol. The molecule has 1 heterocycles. The summed E-state index contributed by atoms with van der Waals surface area (Å²) >= 11 is 0. The summed E-state index contributed by atoms with van der Waals surface area (Å²) in [5, 5.41) is 5.64. The summed E-state index contributed by atoms with van der Waals surface area (Å²) < 4.78 is 4.61. The number of hydrogen-bond donors (Lipinski definition) is 2. The Bertz CT molecular complexity index is 385. The molecular weight excluding hydrogens is 294 g/mol. The zero-order valence-electron chi connectivity index (χ0n) is 15.2. The first kappa shape index (κ1) is 19.7. The minimum absolute atomic E-state index is 0.120. The van der Waals surface area contributed by atoms with Crippen molar-refractivity contribution in [2.24, 2.45) is 11.8 Å². The fourth-order valence-corrected chi connectivity index (χ4v) is 3.01. The Kier molecular flexibility index (Phi) is 8.37. The average molecular weight is 327 g/mol. The van der Waals surface area contributed by atoms with E-state index in [1.807, 2.05) is 13.8 Å². The summed E-state index contributed by atoms with van der Waals surface area (Å²) in [6.45, 7) is 11.3. The molecule has 0 aromatic carbocycles. The molecule has 6 heteroatoms. The summed E-state index contributed by atoms with van der Waals surface area (Å²) in [5.41, 5.74) is 0. The van der Waals surface area contributed by atoms with Crippen LogP contribution in [0.4, 0.5) is 4.79 Å². The molecule has 2 N–H and O–H groups in total. The number of ether oxygens (including phenoxy) is 1. The maximum atomic E-state index is 12.4. The van der Waals surface area contributed by atoms with Crippen molar-refractivity contribution in [3.63, 3.8) is 0 Å². The highest BCUT2D eigenvalue weighted by molar-refractivity contribution is 5.85. The van der Waals surface area contributed by atoms with Crippen molar-refractivity contribution in [2.45, 2.75) is 59.0 Å². The van der Waals surface area contributed by atoms with Gasteiger partial charge >= 0.3 is 6.09 Å². The van der Waals surface area contributed by atoms with Crippen LogP contribution < -0.4 is 10.6 Å². The Hall–Kier alpha value is -1.30. The van der Waals surface area contributed by atoms with Gasteiger partial charge in [0.1, 0.15) is 6.04 Å². The molecule has 23 heavy (non-hydrogen) atoms. The van der Waals surface area contributed by atoms with Gasteiger partial charge in [0.05, 0.1) is 7.11 Å². The quantitative estimate of drug-likeness (QED) is 0.750. The van der Waals surface area contributed by atoms with Crippen molar-refractivity contribution < 1.29 is 14.3 Å². The van der Waals surface area contributed by atoms with E-state index >= 15 is 0 Å². The molecule has 1 rings (SSSR count). The Labute approximate surface area is 140 Å². The van der Waals surface area contributed by atoms with Crippen molar-refractivity contribution in [3.8, 4) is 0 Å². The number of methoxy groups -OCH3 is 1. The lowest BCUT2D eigenvalue weighted by atomic mass is 9.96. The van der Waals surface area contributed by atoms with Crippen molar-refractivity contribution in [2.75, 3.05) is 26.7 Å². The van der Waals surface area contributed by atoms with Crippen LogP contribution in [0.2, 0.25) is 0 Å². The fraction of sp³-hybridized carbons (Fsp3) is 0.882. The van der Waals surface area contributed by atoms with Crippen LogP contribution in [0, 0.1) is 11.8 Å². The normalized spacial score (nSPS) is 20.4. The van der Waals surface area contributed by atoms with E-state index in [1.165, 1.54) is 13.5 Å². The Morgan fingerprint density at radius 2 is 1.96 bits per heavy atom. The van der Waals surface area contributed by atoms with Gasteiger partial charge < -0.3 is 20.3 Å². The molecule has 0 bridgehead atoms. The lowest BCUT2D eigenvalue weighted by Crippen LogP contribution is -2.50. The van der Waals surface area contributed by atoms with E-state index in [-0.39, 0.29) is 5.91 Å². The molecule has 2 atom stereocenters. The van der Waals surface area contributed by atoms with Crippen LogP contribution in [0.5, 0.6) is 0 Å². The number of rotatable bonds is 7. The van der Waals surface area contributed by atoms with E-state index in [0.29, 0.717) is 30.8 Å². The van der Waals surface area contributed by atoms with Crippen LogP contribution in [0.25, 0.3) is 0 Å². The van der Waals surface area contributed by atoms with Gasteiger partial charge in [-0.25, -0.2) is 4.79 Å². The number of alkyl carbamates (subject to hydrolysis) is 1. The van der Waals surface area contributed by atoms with Gasteiger partial charge in [0.2, 0.25) is 5.91 Å². The third-order valence-corrected chi connectivity index (χ3v) is 4.35. The number of hydrogen-bond acceptors (Lipinski definition) is 4. The second-order valence-corrected chi connectivity index (χ2v) is 7.16. The lowest BCUT2D eigenvalue weighted by Gasteiger charge is -2.35. The molecule has 0 aromatic heterocycles. The highest BCUT2D eigenvalue weighted by Gasteiger charge is 2.25. The number of nitrogens with one attached hydrogen (secondary N) is 2. The highest BCUT2D eigenvalue weighted by atomic mass is 16.5. The van der Waals surface area contributed by atoms with Crippen LogP contribution >= 0.6 is 0 Å². The van der Waals surface area contributed by atoms with Crippen LogP contribution in [0.1, 0.15) is 47.0 Å². The summed E-state index contributed by atoms with van der Waals surface area (Å²) in [4.78, 5) is 26.3. The van der Waals surface area contributed by atoms with Crippen molar-refractivity contribution in [3.05, 3.63) is 0 Å². The average Bonchev–Trinajstić information content (AvgIpc) is 2.51. The number of amides is 2. The van der Waals surface area contributed by atoms with Gasteiger partial charge in [-0.2, -0.15) is 0 Å². The monoisotopic (exact) mass is 327 g/mol. The summed E-state index contributed by atoms with van der Waals surface area (Å²) in [6.07, 6.45) is 2.36. The minimum Gasteiger partial charge on any atom is -0.453 e. The number of piperidine rings is 1. The molecule has 0 saturated carbocycles. The molecular formula is C17H33N3O3. The first-order chi connectivity index (χ1) is 10.8. The van der Waals surface area contributed by atoms with Gasteiger partial charge in [-0.1, -0.05) is 13.8 Å². The van der Waals surface area contributed by atoms with E-state index in [9.17, 15) is 9.59 Å². The van der Waals surface area contributed by atoms with Crippen LogP contribution in [-0.4, -0.2) is 55.7 Å². The number of carbonyl (C=O) groups is 2. The standard InChI is InChI=1S/C17H33N3O3/c1-12(2)9-15(19-17(22)23-5)16(21)18-10-14-7-6-8-20(11-14)13(3)4/h12-15H,6-11H2,1-5H3,(H,18,21)(H,19,22)/t14-,15-/m0/s1. The first-order valence-electron chi connectivity index (χ1n) is 8.69. The predicted octanol–water partition coefficient (Wildman–Crippen LogP) is 1.99. The molecule has 2 amide bonds. The van der Waals surface area contributed by atoms with E-state index < -0.39 is 12.1 Å². The van der Waals surface area contributed by atoms with Gasteiger partial charge in [-0.3, -0.25) is 4.79 Å². The van der Waals surface area contributed by atoms with Gasteiger partial charge in [-0.15, -0.1) is 0 Å². The minimum atomic E-state index is -0.561. The fourth-order valence-electron chi connectivity index (χ4n) is 3.01. The van der Waals surface area contributed by atoms with E-state index in [0.717, 1.165) is 19.5 Å². The second kappa shape index (κ2) is 9.75. The van der Waals surface area contributed by atoms with Gasteiger partial charge in [0.15, 0.2) is 0 Å². The molecule has 1 fully saturated rings. The topological polar surface area (TPSA) is 70.7 Å². The SMILES string of the molecule is COC(=O)N[C@@H](CC(C)C)C(=O)NC[C@@H]1CCCN(C(C)C)C1. The molecule has 0 spiro atoms. The molecule has 6 nitrogen and oxygen atoms in total. The Morgan fingerprint density at radius 1 is 1.26 bits per heavy atom. The molecule has 0 aromatic rings. The Morgan fingerprint density at radius 3 is 2.52 bits per heavy atom. The van der Waals surface area contributed by atoms with Crippen LogP contribution in [0.15, 0.2) is 0 Å². The summed E-state index contributed by atoms with van der Waals surface area (Å²) in [7, 11) is 1.31. The summed E-state index contributed by atoms with van der Waals surface area (Å²) in [5.74, 6) is 0.674. The van der Waals surface area contributed by atoms with Crippen LogP contribution in [-0.2, 0) is 9.53 Å². The number of carbonyl (C=O) groups excluding carboxylic acids is 2. The number of nitrogens with zero attached hydrogens (tertiary/aromatic N) is 1. The third-order valence-electron chi connectivity index (χ3n) is 4.35. The van der Waals surface area contributed by atoms with Gasteiger partial charge in [-0.05, 0) is 51.5 Å². The molecule has 134 valence electrons. The van der Waals surface area contributed by atoms with E-state index in [4.69, 9.17) is 0 Å². The third kappa shape index (κ3) is 7.20. The smallest absolute Gasteiger partial charge is 0.407 e. The van der Waals surface area contributed by atoms with Crippen molar-refractivity contribution in [1.82, 2.24) is 15.5 Å². The highest BCUT2D eigenvalue weighted by Crippen LogP contribution is 2.17. The summed E-state index contributed by atoms with van der Waals surface area (Å²) in [6, 6.07) is 0.00965. The molecule has 1 aliphatic heterocycles. The molecule has 0 aliphatic carbocycles. The van der Waals surface area contributed by atoms with Crippen LogP contribution in [0.3, 0.4) is 0 Å². The molecule has 0 radical (unpaired) electrons. The van der Waals surface area contributed by atoms with Gasteiger partial charge in [0, 0.05) is 19.1 Å². The number of likely N-dealkylation sites (tertiary alicyclic amines) is 1. The zero-order chi connectivity index (χ0) is 17.4. The molecule has 1 saturated heterocycles. The van der Waals surface area contributed by atoms with Gasteiger partial charge in [0.25, 0.3) is 0 Å². The lowest BCUT2D eigenvalue weighted by molar-refractivity contribution is -0.123. The molecule has 1 aliphatic rings. The van der Waals surface area contributed by atoms with Crippen molar-refractivity contribution in [1.29, 1.82) is 0 Å². The largest absolute Gasteiger partial charge is 0.453 e. The van der Waals surface area contributed by atoms with E-state index in [1.54, 1.807) is 0 Å². The maximum Gasteiger partial charge on any atom is 0.407 e. The maximum absolute atomic E-state index is 12.4. The first-order valence-corrected chi connectivity index (χ1v) is 8.69. The zero-order valence-corrected chi connectivity index (χ0v) is 15.2. The second-order valence-electron chi connectivity index (χ2n) is 7.16. The molecule has 0 unspecified atom stereocenters. The Balaban J connectivity index is 2.49.